The van der Waals surface area contributed by atoms with Crippen LogP contribution >= 0.6 is 0 Å². The molecule has 26 heavy (non-hydrogen) atoms. The second-order valence-corrected chi connectivity index (χ2v) is 5.89. The van der Waals surface area contributed by atoms with E-state index in [9.17, 15) is 25.0 Å². The first kappa shape index (κ1) is 17.3. The van der Waals surface area contributed by atoms with Gasteiger partial charge in [0, 0.05) is 19.2 Å². The summed E-state index contributed by atoms with van der Waals surface area (Å²) >= 11 is 0. The molecular weight excluding hydrogens is 340 g/mol. The fourth-order valence-electron chi connectivity index (χ4n) is 2.90. The predicted octanol–water partition coefficient (Wildman–Crippen LogP) is 3.48. The van der Waals surface area contributed by atoms with Gasteiger partial charge in [0.05, 0.1) is 27.2 Å². The Morgan fingerprint density at radius 1 is 0.962 bits per heavy atom. The first-order chi connectivity index (χ1) is 12.5. The summed E-state index contributed by atoms with van der Waals surface area (Å²) in [4.78, 5) is 35.2. The van der Waals surface area contributed by atoms with Crippen molar-refractivity contribution in [3.05, 3.63) is 68.3 Å². The molecule has 0 radical (unpaired) electrons. The fraction of sp³-hybridized carbons (Fsp3) is 0.235. The zero-order valence-electron chi connectivity index (χ0n) is 13.8. The van der Waals surface area contributed by atoms with Crippen molar-refractivity contribution < 1.29 is 14.6 Å². The number of amides is 1. The largest absolute Gasteiger partial charge is 0.349 e. The van der Waals surface area contributed by atoms with Gasteiger partial charge in [-0.3, -0.25) is 25.0 Å². The summed E-state index contributed by atoms with van der Waals surface area (Å²) < 4.78 is 0. The van der Waals surface area contributed by atoms with Crippen molar-refractivity contribution >= 4 is 28.7 Å². The number of likely N-dealkylation sites (tertiary alicyclic amines) is 1. The molecule has 134 valence electrons. The van der Waals surface area contributed by atoms with Gasteiger partial charge in [0.2, 0.25) is 0 Å². The number of para-hydroxylation sites is 1. The molecule has 1 N–H and O–H groups in total. The molecular formula is C17H16N4O5. The lowest BCUT2D eigenvalue weighted by molar-refractivity contribution is -0.393. The predicted molar refractivity (Wildman–Crippen MR) is 94.6 cm³/mol. The van der Waals surface area contributed by atoms with E-state index in [1.54, 1.807) is 29.2 Å². The van der Waals surface area contributed by atoms with Crippen LogP contribution in [0.15, 0.2) is 42.5 Å². The van der Waals surface area contributed by atoms with Crippen molar-refractivity contribution in [2.24, 2.45) is 0 Å². The maximum atomic E-state index is 12.7. The number of hydrogen-bond acceptors (Lipinski definition) is 6. The minimum Gasteiger partial charge on any atom is -0.349 e. The van der Waals surface area contributed by atoms with E-state index < -0.39 is 15.5 Å². The highest BCUT2D eigenvalue weighted by atomic mass is 16.6. The number of benzene rings is 2. The first-order valence-electron chi connectivity index (χ1n) is 8.05. The molecule has 1 heterocycles. The fourth-order valence-corrected chi connectivity index (χ4v) is 2.90. The van der Waals surface area contributed by atoms with Gasteiger partial charge in [-0.05, 0) is 31.0 Å². The molecule has 0 atom stereocenters. The lowest BCUT2D eigenvalue weighted by Crippen LogP contribution is -2.28. The molecule has 0 saturated carbocycles. The van der Waals surface area contributed by atoms with Gasteiger partial charge in [0.1, 0.15) is 5.69 Å². The summed E-state index contributed by atoms with van der Waals surface area (Å²) in [5.74, 6) is -0.143. The van der Waals surface area contributed by atoms with Crippen molar-refractivity contribution in [1.29, 1.82) is 0 Å². The van der Waals surface area contributed by atoms with E-state index in [0.29, 0.717) is 24.3 Å². The highest BCUT2D eigenvalue weighted by molar-refractivity contribution is 6.00. The van der Waals surface area contributed by atoms with Crippen LogP contribution in [-0.4, -0.2) is 33.7 Å². The molecule has 0 bridgehead atoms. The number of nitrogens with one attached hydrogen (secondary N) is 1. The molecule has 0 aromatic heterocycles. The van der Waals surface area contributed by atoms with Gasteiger partial charge in [0.15, 0.2) is 0 Å². The van der Waals surface area contributed by atoms with Crippen LogP contribution in [0.25, 0.3) is 0 Å². The van der Waals surface area contributed by atoms with E-state index in [0.717, 1.165) is 18.9 Å². The molecule has 1 aliphatic heterocycles. The van der Waals surface area contributed by atoms with Crippen LogP contribution in [0.5, 0.6) is 0 Å². The molecule has 3 rings (SSSR count). The molecule has 1 fully saturated rings. The zero-order chi connectivity index (χ0) is 18.7. The monoisotopic (exact) mass is 356 g/mol. The minimum atomic E-state index is -0.694. The van der Waals surface area contributed by atoms with Gasteiger partial charge in [-0.25, -0.2) is 0 Å². The van der Waals surface area contributed by atoms with Crippen LogP contribution in [0, 0.1) is 20.2 Å². The lowest BCUT2D eigenvalue weighted by Gasteiger charge is -2.18. The van der Waals surface area contributed by atoms with Gasteiger partial charge in [-0.2, -0.15) is 0 Å². The molecule has 1 saturated heterocycles. The quantitative estimate of drug-likeness (QED) is 0.647. The van der Waals surface area contributed by atoms with E-state index >= 15 is 0 Å². The SMILES string of the molecule is O=C(c1ccccc1Nc1ccc([N+](=O)[O-])cc1[N+](=O)[O-])N1CCCC1. The second-order valence-electron chi connectivity index (χ2n) is 5.89. The summed E-state index contributed by atoms with van der Waals surface area (Å²) in [7, 11) is 0. The van der Waals surface area contributed by atoms with E-state index in [1.807, 2.05) is 0 Å². The highest BCUT2D eigenvalue weighted by Gasteiger charge is 2.24. The Kier molecular flexibility index (Phi) is 4.78. The Balaban J connectivity index is 1.95. The van der Waals surface area contributed by atoms with Crippen molar-refractivity contribution in [2.75, 3.05) is 18.4 Å². The molecule has 0 aliphatic carbocycles. The number of nitro groups is 2. The van der Waals surface area contributed by atoms with Gasteiger partial charge < -0.3 is 10.2 Å². The van der Waals surface area contributed by atoms with Gasteiger partial charge >= 0.3 is 0 Å². The molecule has 0 unspecified atom stereocenters. The van der Waals surface area contributed by atoms with Crippen molar-refractivity contribution in [3.8, 4) is 0 Å². The Morgan fingerprint density at radius 2 is 1.65 bits per heavy atom. The van der Waals surface area contributed by atoms with Crippen LogP contribution in [0.1, 0.15) is 23.2 Å². The Hall–Kier alpha value is -3.49. The third kappa shape index (κ3) is 3.46. The normalized spacial score (nSPS) is 13.5. The number of nitrogens with zero attached hydrogens (tertiary/aromatic N) is 3. The van der Waals surface area contributed by atoms with E-state index in [1.165, 1.54) is 12.1 Å². The highest BCUT2D eigenvalue weighted by Crippen LogP contribution is 2.32. The molecule has 1 amide bonds. The van der Waals surface area contributed by atoms with Gasteiger partial charge in [0.25, 0.3) is 17.3 Å². The van der Waals surface area contributed by atoms with E-state index in [2.05, 4.69) is 5.32 Å². The summed E-state index contributed by atoms with van der Waals surface area (Å²) in [6, 6.07) is 10.1. The average molecular weight is 356 g/mol. The number of nitro benzene ring substituents is 2. The van der Waals surface area contributed by atoms with Crippen molar-refractivity contribution in [3.63, 3.8) is 0 Å². The minimum absolute atomic E-state index is 0.0854. The molecule has 9 nitrogen and oxygen atoms in total. The van der Waals surface area contributed by atoms with E-state index in [4.69, 9.17) is 0 Å². The number of carbonyl (C=O) groups is 1. The smallest absolute Gasteiger partial charge is 0.299 e. The number of hydrogen-bond donors (Lipinski definition) is 1. The summed E-state index contributed by atoms with van der Waals surface area (Å²) in [6.45, 7) is 1.37. The van der Waals surface area contributed by atoms with Crippen LogP contribution in [0.3, 0.4) is 0 Å². The number of rotatable bonds is 5. The van der Waals surface area contributed by atoms with Gasteiger partial charge in [-0.15, -0.1) is 0 Å². The molecule has 0 spiro atoms. The topological polar surface area (TPSA) is 119 Å². The molecule has 2 aromatic carbocycles. The molecule has 2 aromatic rings. The van der Waals surface area contributed by atoms with Crippen molar-refractivity contribution in [2.45, 2.75) is 12.8 Å². The third-order valence-electron chi connectivity index (χ3n) is 4.21. The zero-order valence-corrected chi connectivity index (χ0v) is 13.8. The Morgan fingerprint density at radius 3 is 2.31 bits per heavy atom. The Labute approximate surface area is 148 Å². The summed E-state index contributed by atoms with van der Waals surface area (Å²) in [6.07, 6.45) is 1.91. The van der Waals surface area contributed by atoms with Crippen LogP contribution < -0.4 is 5.32 Å². The van der Waals surface area contributed by atoms with Crippen LogP contribution in [-0.2, 0) is 0 Å². The van der Waals surface area contributed by atoms with Crippen LogP contribution in [0.2, 0.25) is 0 Å². The molecule has 1 aliphatic rings. The molecule has 9 heteroatoms. The number of carbonyl (C=O) groups excluding carboxylic acids is 1. The summed E-state index contributed by atoms with van der Waals surface area (Å²) in [5.41, 5.74) is 0.108. The standard InChI is InChI=1S/C17H16N4O5/c22-17(19-9-3-4-10-19)13-5-1-2-6-14(13)18-15-8-7-12(20(23)24)11-16(15)21(25)26/h1-2,5-8,11,18H,3-4,9-10H2. The number of anilines is 2. The third-order valence-corrected chi connectivity index (χ3v) is 4.21. The first-order valence-corrected chi connectivity index (χ1v) is 8.05. The van der Waals surface area contributed by atoms with Gasteiger partial charge in [-0.1, -0.05) is 12.1 Å². The maximum Gasteiger partial charge on any atom is 0.299 e. The lowest BCUT2D eigenvalue weighted by atomic mass is 10.1. The maximum absolute atomic E-state index is 12.7. The van der Waals surface area contributed by atoms with E-state index in [-0.39, 0.29) is 17.3 Å². The number of non-ortho nitro benzene ring substituents is 1. The van der Waals surface area contributed by atoms with Crippen LogP contribution in [0.4, 0.5) is 22.7 Å². The van der Waals surface area contributed by atoms with Crippen molar-refractivity contribution in [1.82, 2.24) is 4.90 Å². The second kappa shape index (κ2) is 7.18. The Bertz CT molecular complexity index is 877. The average Bonchev–Trinajstić information content (AvgIpc) is 3.16. The summed E-state index contributed by atoms with van der Waals surface area (Å²) in [5, 5.41) is 25.0.